The smallest absolute Gasteiger partial charge is 0.253 e. The Balaban J connectivity index is 2.02. The van der Waals surface area contributed by atoms with E-state index >= 15 is 0 Å². The molecular weight excluding hydrogens is 255 g/mol. The Bertz CT molecular complexity index is 540. The van der Waals surface area contributed by atoms with Gasteiger partial charge in [-0.2, -0.15) is 0 Å². The molecule has 0 aliphatic rings. The third kappa shape index (κ3) is 3.28. The lowest BCUT2D eigenvalue weighted by molar-refractivity contribution is 0.0950. The van der Waals surface area contributed by atoms with E-state index in [2.05, 4.69) is 10.3 Å². The Hall–Kier alpha value is -1.94. The van der Waals surface area contributed by atoms with Crippen LogP contribution in [0.15, 0.2) is 42.7 Å². The summed E-state index contributed by atoms with van der Waals surface area (Å²) < 4.78 is 13.1. The first-order valence-electron chi connectivity index (χ1n) is 5.28. The van der Waals surface area contributed by atoms with Crippen LogP contribution in [0, 0.1) is 5.82 Å². The number of amides is 1. The second kappa shape index (κ2) is 5.60. The molecule has 18 heavy (non-hydrogen) atoms. The Labute approximate surface area is 109 Å². The Kier molecular flexibility index (Phi) is 3.89. The molecule has 0 bridgehead atoms. The van der Waals surface area contributed by atoms with E-state index in [1.54, 1.807) is 24.4 Å². The first kappa shape index (κ1) is 12.5. The SMILES string of the molecule is O=C(NCc1cc(F)cc(Cl)c1)c1cccnc1. The lowest BCUT2D eigenvalue weighted by atomic mass is 10.2. The van der Waals surface area contributed by atoms with E-state index < -0.39 is 5.82 Å². The van der Waals surface area contributed by atoms with Crippen LogP contribution in [0.2, 0.25) is 5.02 Å². The molecule has 0 fully saturated rings. The van der Waals surface area contributed by atoms with Crippen LogP contribution >= 0.6 is 11.6 Å². The van der Waals surface area contributed by atoms with Crippen molar-refractivity contribution < 1.29 is 9.18 Å². The van der Waals surface area contributed by atoms with E-state index in [0.717, 1.165) is 0 Å². The minimum atomic E-state index is -0.423. The Morgan fingerprint density at radius 3 is 2.89 bits per heavy atom. The van der Waals surface area contributed by atoms with Crippen molar-refractivity contribution in [1.29, 1.82) is 0 Å². The van der Waals surface area contributed by atoms with Crippen molar-refractivity contribution in [2.24, 2.45) is 0 Å². The van der Waals surface area contributed by atoms with Crippen molar-refractivity contribution in [1.82, 2.24) is 10.3 Å². The van der Waals surface area contributed by atoms with E-state index in [4.69, 9.17) is 11.6 Å². The predicted octanol–water partition coefficient (Wildman–Crippen LogP) is 2.80. The van der Waals surface area contributed by atoms with Gasteiger partial charge in [0.25, 0.3) is 5.91 Å². The van der Waals surface area contributed by atoms with Crippen molar-refractivity contribution in [3.8, 4) is 0 Å². The maximum Gasteiger partial charge on any atom is 0.253 e. The predicted molar refractivity (Wildman–Crippen MR) is 66.8 cm³/mol. The number of nitrogens with one attached hydrogen (secondary N) is 1. The summed E-state index contributed by atoms with van der Waals surface area (Å²) in [5.41, 5.74) is 1.07. The van der Waals surface area contributed by atoms with Crippen LogP contribution in [0.4, 0.5) is 4.39 Å². The maximum atomic E-state index is 13.1. The third-order valence-electron chi connectivity index (χ3n) is 2.30. The molecule has 0 atom stereocenters. The fourth-order valence-corrected chi connectivity index (χ4v) is 1.74. The number of hydrogen-bond donors (Lipinski definition) is 1. The van der Waals surface area contributed by atoms with Gasteiger partial charge in [-0.15, -0.1) is 0 Å². The third-order valence-corrected chi connectivity index (χ3v) is 2.52. The van der Waals surface area contributed by atoms with Gasteiger partial charge in [0, 0.05) is 24.0 Å². The van der Waals surface area contributed by atoms with Gasteiger partial charge >= 0.3 is 0 Å². The van der Waals surface area contributed by atoms with Crippen LogP contribution < -0.4 is 5.32 Å². The fraction of sp³-hybridized carbons (Fsp3) is 0.0769. The van der Waals surface area contributed by atoms with Gasteiger partial charge in [0.2, 0.25) is 0 Å². The molecule has 0 aliphatic heterocycles. The van der Waals surface area contributed by atoms with Gasteiger partial charge in [-0.1, -0.05) is 11.6 Å². The summed E-state index contributed by atoms with van der Waals surface area (Å²) in [6.07, 6.45) is 3.05. The van der Waals surface area contributed by atoms with E-state index in [-0.39, 0.29) is 12.5 Å². The number of aromatic nitrogens is 1. The molecular formula is C13H10ClFN2O. The molecule has 0 radical (unpaired) electrons. The standard InChI is InChI=1S/C13H10ClFN2O/c14-11-4-9(5-12(15)6-11)7-17-13(18)10-2-1-3-16-8-10/h1-6,8H,7H2,(H,17,18). The second-order valence-electron chi connectivity index (χ2n) is 3.70. The number of hydrogen-bond acceptors (Lipinski definition) is 2. The van der Waals surface area contributed by atoms with E-state index in [9.17, 15) is 9.18 Å². The van der Waals surface area contributed by atoms with Crippen LogP contribution in [-0.4, -0.2) is 10.9 Å². The Morgan fingerprint density at radius 2 is 2.22 bits per heavy atom. The van der Waals surface area contributed by atoms with Crippen molar-refractivity contribution >= 4 is 17.5 Å². The lowest BCUT2D eigenvalue weighted by Gasteiger charge is -2.05. The highest BCUT2D eigenvalue weighted by atomic mass is 35.5. The van der Waals surface area contributed by atoms with Crippen LogP contribution in [-0.2, 0) is 6.54 Å². The Morgan fingerprint density at radius 1 is 1.39 bits per heavy atom. The summed E-state index contributed by atoms with van der Waals surface area (Å²) in [5, 5.41) is 2.97. The number of benzene rings is 1. The highest BCUT2D eigenvalue weighted by molar-refractivity contribution is 6.30. The van der Waals surface area contributed by atoms with Gasteiger partial charge in [-0.3, -0.25) is 9.78 Å². The maximum absolute atomic E-state index is 13.1. The summed E-state index contributed by atoms with van der Waals surface area (Å²) in [4.78, 5) is 15.6. The topological polar surface area (TPSA) is 42.0 Å². The number of pyridine rings is 1. The number of carbonyl (C=O) groups excluding carboxylic acids is 1. The second-order valence-corrected chi connectivity index (χ2v) is 4.14. The zero-order valence-electron chi connectivity index (χ0n) is 9.36. The van der Waals surface area contributed by atoms with E-state index in [1.807, 2.05) is 0 Å². The lowest BCUT2D eigenvalue weighted by Crippen LogP contribution is -2.22. The summed E-state index contributed by atoms with van der Waals surface area (Å²) in [7, 11) is 0. The molecule has 5 heteroatoms. The fourth-order valence-electron chi connectivity index (χ4n) is 1.49. The molecule has 1 N–H and O–H groups in total. The van der Waals surface area contributed by atoms with Gasteiger partial charge in [-0.25, -0.2) is 4.39 Å². The minimum Gasteiger partial charge on any atom is -0.348 e. The molecule has 0 saturated carbocycles. The molecule has 1 heterocycles. The number of halogens is 2. The van der Waals surface area contributed by atoms with Gasteiger partial charge < -0.3 is 5.32 Å². The van der Waals surface area contributed by atoms with Crippen LogP contribution in [0.1, 0.15) is 15.9 Å². The van der Waals surface area contributed by atoms with Gasteiger partial charge in [0.1, 0.15) is 5.82 Å². The quantitative estimate of drug-likeness (QED) is 0.926. The van der Waals surface area contributed by atoms with Crippen LogP contribution in [0.5, 0.6) is 0 Å². The molecule has 0 unspecified atom stereocenters. The van der Waals surface area contributed by atoms with E-state index in [1.165, 1.54) is 18.3 Å². The molecule has 3 nitrogen and oxygen atoms in total. The molecule has 0 aliphatic carbocycles. The molecule has 92 valence electrons. The van der Waals surface area contributed by atoms with Gasteiger partial charge in [-0.05, 0) is 35.9 Å². The van der Waals surface area contributed by atoms with Gasteiger partial charge in [0.15, 0.2) is 0 Å². The molecule has 0 spiro atoms. The zero-order valence-corrected chi connectivity index (χ0v) is 10.1. The molecule has 1 aromatic heterocycles. The first-order chi connectivity index (χ1) is 8.65. The van der Waals surface area contributed by atoms with Crippen LogP contribution in [0.3, 0.4) is 0 Å². The van der Waals surface area contributed by atoms with Crippen LogP contribution in [0.25, 0.3) is 0 Å². The normalized spacial score (nSPS) is 10.1. The average molecular weight is 265 g/mol. The number of nitrogens with zero attached hydrogens (tertiary/aromatic N) is 1. The minimum absolute atomic E-state index is 0.213. The number of carbonyl (C=O) groups is 1. The van der Waals surface area contributed by atoms with E-state index in [0.29, 0.717) is 16.1 Å². The average Bonchev–Trinajstić information content (AvgIpc) is 2.36. The molecule has 2 aromatic rings. The monoisotopic (exact) mass is 264 g/mol. The molecule has 0 saturated heterocycles. The van der Waals surface area contributed by atoms with Crippen molar-refractivity contribution in [3.05, 3.63) is 64.7 Å². The van der Waals surface area contributed by atoms with Crippen molar-refractivity contribution in [2.75, 3.05) is 0 Å². The summed E-state index contributed by atoms with van der Waals surface area (Å²) in [6.45, 7) is 0.213. The highest BCUT2D eigenvalue weighted by Gasteiger charge is 2.05. The summed E-state index contributed by atoms with van der Waals surface area (Å²) in [5.74, 6) is -0.684. The van der Waals surface area contributed by atoms with Crippen molar-refractivity contribution in [2.45, 2.75) is 6.54 Å². The molecule has 1 amide bonds. The van der Waals surface area contributed by atoms with Crippen molar-refractivity contribution in [3.63, 3.8) is 0 Å². The summed E-state index contributed by atoms with van der Waals surface area (Å²) >= 11 is 5.72. The number of rotatable bonds is 3. The van der Waals surface area contributed by atoms with Gasteiger partial charge in [0.05, 0.1) is 5.56 Å². The molecule has 1 aromatic carbocycles. The molecule has 2 rings (SSSR count). The zero-order chi connectivity index (χ0) is 13.0. The first-order valence-corrected chi connectivity index (χ1v) is 5.66. The highest BCUT2D eigenvalue weighted by Crippen LogP contribution is 2.14. The summed E-state index contributed by atoms with van der Waals surface area (Å²) in [6, 6.07) is 7.48. The largest absolute Gasteiger partial charge is 0.348 e.